The molecule has 0 bridgehead atoms. The Hall–Kier alpha value is -2.49. The van der Waals surface area contributed by atoms with Crippen LogP contribution in [0.15, 0.2) is 42.5 Å². The van der Waals surface area contributed by atoms with Crippen molar-refractivity contribution in [2.45, 2.75) is 39.3 Å². The summed E-state index contributed by atoms with van der Waals surface area (Å²) in [6.45, 7) is 3.59. The molecule has 0 aliphatic rings. The highest BCUT2D eigenvalue weighted by atomic mass is 35.5. The molecule has 0 aliphatic heterocycles. The van der Waals surface area contributed by atoms with E-state index in [1.807, 2.05) is 6.92 Å². The third kappa shape index (κ3) is 8.02. The topological polar surface area (TPSA) is 96.0 Å². The second kappa shape index (κ2) is 13.0. The number of unbranched alkanes of at least 4 members (excludes halogenated alkanes) is 1. The van der Waals surface area contributed by atoms with Crippen molar-refractivity contribution in [1.29, 1.82) is 0 Å². The molecule has 0 aliphatic carbocycles. The van der Waals surface area contributed by atoms with Crippen LogP contribution in [0.1, 0.15) is 32.3 Å². The zero-order chi connectivity index (χ0) is 26.2. The Balaban J connectivity index is 2.39. The average molecular weight is 545 g/mol. The third-order valence-corrected chi connectivity index (χ3v) is 7.20. The molecular weight excluding hydrogens is 513 g/mol. The van der Waals surface area contributed by atoms with Gasteiger partial charge in [0, 0.05) is 18.1 Å². The van der Waals surface area contributed by atoms with Crippen LogP contribution < -0.4 is 14.4 Å². The highest BCUT2D eigenvalue weighted by molar-refractivity contribution is 7.92. The first-order valence-corrected chi connectivity index (χ1v) is 13.7. The second-order valence-corrected chi connectivity index (χ2v) is 10.7. The summed E-state index contributed by atoms with van der Waals surface area (Å²) in [5.41, 5.74) is 0.832. The highest BCUT2D eigenvalue weighted by Gasteiger charge is 2.30. The quantitative estimate of drug-likeness (QED) is 0.406. The third-order valence-electron chi connectivity index (χ3n) is 5.40. The van der Waals surface area contributed by atoms with Gasteiger partial charge in [0.15, 0.2) is 0 Å². The molecule has 0 saturated heterocycles. The van der Waals surface area contributed by atoms with Gasteiger partial charge in [0.2, 0.25) is 21.8 Å². The van der Waals surface area contributed by atoms with Crippen LogP contribution in [0, 0.1) is 0 Å². The van der Waals surface area contributed by atoms with Crippen molar-refractivity contribution in [3.63, 3.8) is 0 Å². The maximum Gasteiger partial charge on any atom is 0.244 e. The summed E-state index contributed by atoms with van der Waals surface area (Å²) in [4.78, 5) is 27.6. The van der Waals surface area contributed by atoms with E-state index in [0.717, 1.165) is 23.4 Å². The van der Waals surface area contributed by atoms with Crippen LogP contribution in [-0.4, -0.2) is 57.6 Å². The number of hydrogen-bond acceptors (Lipinski definition) is 5. The van der Waals surface area contributed by atoms with Gasteiger partial charge < -0.3 is 15.0 Å². The number of methoxy groups -OCH3 is 1. The van der Waals surface area contributed by atoms with E-state index >= 15 is 0 Å². The SMILES string of the molecule is CCCCNC(=O)C(C)N(Cc1ccccc1Cl)C(=O)CN(c1ccc(OC)c(Cl)c1)S(C)(=O)=O. The van der Waals surface area contributed by atoms with Crippen molar-refractivity contribution in [3.8, 4) is 5.75 Å². The lowest BCUT2D eigenvalue weighted by Crippen LogP contribution is -2.51. The molecule has 0 spiro atoms. The molecule has 2 rings (SSSR count). The number of halogens is 2. The van der Waals surface area contributed by atoms with Gasteiger partial charge in [-0.2, -0.15) is 0 Å². The minimum absolute atomic E-state index is 0.0296. The first-order valence-electron chi connectivity index (χ1n) is 11.1. The number of anilines is 1. The lowest BCUT2D eigenvalue weighted by Gasteiger charge is -2.31. The van der Waals surface area contributed by atoms with Crippen molar-refractivity contribution >= 4 is 50.7 Å². The summed E-state index contributed by atoms with van der Waals surface area (Å²) in [5.74, 6) is -0.536. The molecule has 192 valence electrons. The van der Waals surface area contributed by atoms with Gasteiger partial charge in [-0.15, -0.1) is 0 Å². The fourth-order valence-electron chi connectivity index (χ4n) is 3.35. The Morgan fingerprint density at radius 1 is 1.11 bits per heavy atom. The zero-order valence-electron chi connectivity index (χ0n) is 20.3. The number of carbonyl (C=O) groups excluding carboxylic acids is 2. The number of ether oxygens (including phenoxy) is 1. The zero-order valence-corrected chi connectivity index (χ0v) is 22.6. The molecule has 2 aromatic carbocycles. The molecule has 0 heterocycles. The van der Waals surface area contributed by atoms with E-state index in [4.69, 9.17) is 27.9 Å². The van der Waals surface area contributed by atoms with Crippen molar-refractivity contribution in [2.75, 3.05) is 30.8 Å². The minimum atomic E-state index is -3.87. The molecule has 35 heavy (non-hydrogen) atoms. The van der Waals surface area contributed by atoms with Gasteiger partial charge in [0.1, 0.15) is 18.3 Å². The van der Waals surface area contributed by atoms with Gasteiger partial charge in [-0.3, -0.25) is 13.9 Å². The molecule has 1 N–H and O–H groups in total. The molecule has 0 aromatic heterocycles. The Kier molecular flexibility index (Phi) is 10.7. The van der Waals surface area contributed by atoms with Crippen LogP contribution >= 0.6 is 23.2 Å². The number of hydrogen-bond donors (Lipinski definition) is 1. The monoisotopic (exact) mass is 543 g/mol. The van der Waals surface area contributed by atoms with Gasteiger partial charge >= 0.3 is 0 Å². The standard InChI is InChI=1S/C24H31Cl2N3O5S/c1-5-6-13-27-24(31)17(2)28(15-18-9-7-8-10-20(18)25)23(30)16-29(35(4,32)33)19-11-12-22(34-3)21(26)14-19/h7-12,14,17H,5-6,13,15-16H2,1-4H3,(H,27,31). The number of nitrogens with one attached hydrogen (secondary N) is 1. The number of carbonyl (C=O) groups is 2. The summed E-state index contributed by atoms with van der Waals surface area (Å²) >= 11 is 12.5. The Labute approximate surface area is 217 Å². The summed E-state index contributed by atoms with van der Waals surface area (Å²) in [6.07, 6.45) is 2.71. The van der Waals surface area contributed by atoms with Crippen molar-refractivity contribution < 1.29 is 22.7 Å². The normalized spacial score (nSPS) is 12.1. The summed E-state index contributed by atoms with van der Waals surface area (Å²) in [7, 11) is -2.42. The molecule has 1 atom stereocenters. The van der Waals surface area contributed by atoms with E-state index in [-0.39, 0.29) is 23.2 Å². The van der Waals surface area contributed by atoms with Gasteiger partial charge in [-0.25, -0.2) is 8.42 Å². The van der Waals surface area contributed by atoms with Crippen LogP contribution in [-0.2, 0) is 26.2 Å². The van der Waals surface area contributed by atoms with Crippen LogP contribution in [0.4, 0.5) is 5.69 Å². The molecule has 8 nitrogen and oxygen atoms in total. The van der Waals surface area contributed by atoms with Crippen LogP contribution in [0.5, 0.6) is 5.75 Å². The predicted molar refractivity (Wildman–Crippen MR) is 140 cm³/mol. The Morgan fingerprint density at radius 2 is 1.80 bits per heavy atom. The van der Waals surface area contributed by atoms with Gasteiger partial charge in [-0.1, -0.05) is 54.7 Å². The Morgan fingerprint density at radius 3 is 2.37 bits per heavy atom. The molecule has 2 amide bonds. The summed E-state index contributed by atoms with van der Waals surface area (Å²) < 4.78 is 31.3. The van der Waals surface area contributed by atoms with Gasteiger partial charge in [-0.05, 0) is 43.2 Å². The van der Waals surface area contributed by atoms with Gasteiger partial charge in [0.05, 0.1) is 24.1 Å². The van der Waals surface area contributed by atoms with Gasteiger partial charge in [0.25, 0.3) is 0 Å². The number of sulfonamides is 1. The van der Waals surface area contributed by atoms with E-state index in [2.05, 4.69) is 5.32 Å². The largest absolute Gasteiger partial charge is 0.495 e. The molecule has 0 saturated carbocycles. The maximum atomic E-state index is 13.5. The van der Waals surface area contributed by atoms with E-state index in [1.54, 1.807) is 31.2 Å². The number of amides is 2. The summed E-state index contributed by atoms with van der Waals surface area (Å²) in [6, 6.07) is 10.5. The fourth-order valence-corrected chi connectivity index (χ4v) is 4.64. The van der Waals surface area contributed by atoms with Crippen molar-refractivity contribution in [2.24, 2.45) is 0 Å². The highest BCUT2D eigenvalue weighted by Crippen LogP contribution is 2.30. The molecule has 11 heteroatoms. The lowest BCUT2D eigenvalue weighted by molar-refractivity contribution is -0.139. The molecule has 1 unspecified atom stereocenters. The summed E-state index contributed by atoms with van der Waals surface area (Å²) in [5, 5.41) is 3.46. The van der Waals surface area contributed by atoms with Crippen LogP contribution in [0.3, 0.4) is 0 Å². The second-order valence-electron chi connectivity index (χ2n) is 8.02. The Bertz CT molecular complexity index is 1140. The first-order chi connectivity index (χ1) is 16.5. The molecule has 0 fully saturated rings. The minimum Gasteiger partial charge on any atom is -0.495 e. The number of nitrogens with zero attached hydrogens (tertiary/aromatic N) is 2. The van der Waals surface area contributed by atoms with Crippen LogP contribution in [0.25, 0.3) is 0 Å². The number of benzene rings is 2. The smallest absolute Gasteiger partial charge is 0.244 e. The van der Waals surface area contributed by atoms with E-state index in [1.165, 1.54) is 30.2 Å². The number of rotatable bonds is 12. The van der Waals surface area contributed by atoms with Crippen molar-refractivity contribution in [3.05, 3.63) is 58.1 Å². The lowest BCUT2D eigenvalue weighted by atomic mass is 10.1. The average Bonchev–Trinajstić information content (AvgIpc) is 2.80. The molecule has 0 radical (unpaired) electrons. The van der Waals surface area contributed by atoms with E-state index in [9.17, 15) is 18.0 Å². The van der Waals surface area contributed by atoms with Crippen LogP contribution in [0.2, 0.25) is 10.0 Å². The van der Waals surface area contributed by atoms with E-state index < -0.39 is 28.5 Å². The van der Waals surface area contributed by atoms with Crippen molar-refractivity contribution in [1.82, 2.24) is 10.2 Å². The fraction of sp³-hybridized carbons (Fsp3) is 0.417. The predicted octanol–water partition coefficient (Wildman–Crippen LogP) is 4.10. The molecular formula is C24H31Cl2N3O5S. The molecule has 2 aromatic rings. The first kappa shape index (κ1) is 28.7. The maximum absolute atomic E-state index is 13.5. The van der Waals surface area contributed by atoms with E-state index in [0.29, 0.717) is 22.9 Å².